The molecule has 18 heavy (non-hydrogen) atoms. The molecule has 1 atom stereocenters. The van der Waals surface area contributed by atoms with E-state index in [1.165, 1.54) is 6.07 Å². The van der Waals surface area contributed by atoms with E-state index in [-0.39, 0.29) is 35.7 Å². The number of nitrogens with zero attached hydrogens (tertiary/aromatic N) is 1. The largest absolute Gasteiger partial charge is 0.396 e. The van der Waals surface area contributed by atoms with E-state index in [0.29, 0.717) is 0 Å². The van der Waals surface area contributed by atoms with Crippen molar-refractivity contribution >= 4 is 5.69 Å². The van der Waals surface area contributed by atoms with Crippen LogP contribution in [0.25, 0.3) is 0 Å². The molecule has 0 bridgehead atoms. The fourth-order valence-corrected chi connectivity index (χ4v) is 2.09. The second kappa shape index (κ2) is 4.62. The Kier molecular flexibility index (Phi) is 3.32. The van der Waals surface area contributed by atoms with Gasteiger partial charge in [0.2, 0.25) is 0 Å². The van der Waals surface area contributed by atoms with E-state index in [1.807, 2.05) is 0 Å². The maximum atomic E-state index is 13.6. The summed E-state index contributed by atoms with van der Waals surface area (Å²) >= 11 is 0. The highest BCUT2D eigenvalue weighted by atomic mass is 19.1. The van der Waals surface area contributed by atoms with Crippen LogP contribution < -0.4 is 5.73 Å². The number of halogens is 1. The molecular formula is C12H15FN2O3. The minimum absolute atomic E-state index is 0.0231. The van der Waals surface area contributed by atoms with Crippen molar-refractivity contribution in [3.8, 4) is 0 Å². The lowest BCUT2D eigenvalue weighted by atomic mass is 9.92. The molecular weight excluding hydrogens is 239 g/mol. The molecule has 0 aliphatic heterocycles. The van der Waals surface area contributed by atoms with E-state index in [1.54, 1.807) is 0 Å². The Morgan fingerprint density at radius 1 is 1.56 bits per heavy atom. The highest BCUT2D eigenvalue weighted by Gasteiger charge is 2.47. The highest BCUT2D eigenvalue weighted by molar-refractivity contribution is 5.36. The molecule has 1 aromatic rings. The number of aliphatic hydroxyl groups is 1. The Labute approximate surface area is 104 Å². The van der Waals surface area contributed by atoms with Crippen LogP contribution in [0.4, 0.5) is 10.1 Å². The summed E-state index contributed by atoms with van der Waals surface area (Å²) in [6.45, 7) is -0.0231. The zero-order valence-electron chi connectivity index (χ0n) is 9.80. The zero-order valence-corrected chi connectivity index (χ0v) is 9.80. The van der Waals surface area contributed by atoms with Crippen LogP contribution in [0.5, 0.6) is 0 Å². The lowest BCUT2D eigenvalue weighted by Crippen LogP contribution is -2.36. The van der Waals surface area contributed by atoms with Crippen LogP contribution >= 0.6 is 0 Å². The van der Waals surface area contributed by atoms with E-state index in [0.717, 1.165) is 25.0 Å². The van der Waals surface area contributed by atoms with Crippen molar-refractivity contribution in [2.45, 2.75) is 25.3 Å². The van der Waals surface area contributed by atoms with Gasteiger partial charge in [-0.15, -0.1) is 0 Å². The summed E-state index contributed by atoms with van der Waals surface area (Å²) in [5.74, 6) is -0.496. The predicted octanol–water partition coefficient (Wildman–Crippen LogP) is 1.38. The number of benzene rings is 1. The van der Waals surface area contributed by atoms with E-state index in [2.05, 4.69) is 0 Å². The average molecular weight is 254 g/mol. The summed E-state index contributed by atoms with van der Waals surface area (Å²) in [5.41, 5.74) is 5.72. The molecule has 0 radical (unpaired) electrons. The molecule has 0 spiro atoms. The molecule has 0 aromatic heterocycles. The summed E-state index contributed by atoms with van der Waals surface area (Å²) in [7, 11) is 0. The van der Waals surface area contributed by atoms with Gasteiger partial charge in [-0.2, -0.15) is 0 Å². The molecule has 0 amide bonds. The topological polar surface area (TPSA) is 89.4 Å². The molecule has 1 aromatic carbocycles. The van der Waals surface area contributed by atoms with Gasteiger partial charge in [0.05, 0.1) is 11.5 Å². The number of hydrogen-bond acceptors (Lipinski definition) is 4. The van der Waals surface area contributed by atoms with Crippen molar-refractivity contribution in [2.24, 2.45) is 11.1 Å². The third-order valence-corrected chi connectivity index (χ3v) is 3.67. The number of rotatable bonds is 5. The Morgan fingerprint density at radius 3 is 2.72 bits per heavy atom. The maximum Gasteiger partial charge on any atom is 0.269 e. The lowest BCUT2D eigenvalue weighted by molar-refractivity contribution is -0.385. The van der Waals surface area contributed by atoms with Gasteiger partial charge in [-0.25, -0.2) is 4.39 Å². The molecule has 2 rings (SSSR count). The number of nitro benzene ring substituents is 1. The molecule has 1 saturated carbocycles. The molecule has 1 aliphatic carbocycles. The van der Waals surface area contributed by atoms with Gasteiger partial charge in [-0.05, 0) is 30.9 Å². The second-order valence-electron chi connectivity index (χ2n) is 4.86. The summed E-state index contributed by atoms with van der Waals surface area (Å²) in [4.78, 5) is 10.1. The van der Waals surface area contributed by atoms with E-state index in [9.17, 15) is 19.6 Å². The van der Waals surface area contributed by atoms with Gasteiger partial charge in [0, 0.05) is 23.6 Å². The lowest BCUT2D eigenvalue weighted by Gasteiger charge is -2.21. The smallest absolute Gasteiger partial charge is 0.269 e. The zero-order chi connectivity index (χ0) is 13.3. The molecule has 3 N–H and O–H groups in total. The van der Waals surface area contributed by atoms with Gasteiger partial charge in [0.15, 0.2) is 0 Å². The summed E-state index contributed by atoms with van der Waals surface area (Å²) in [6.07, 6.45) is 1.84. The Morgan fingerprint density at radius 2 is 2.22 bits per heavy atom. The second-order valence-corrected chi connectivity index (χ2v) is 4.86. The van der Waals surface area contributed by atoms with Crippen LogP contribution in [-0.2, 0) is 6.42 Å². The van der Waals surface area contributed by atoms with E-state index >= 15 is 0 Å². The number of nitrogens with two attached hydrogens (primary N) is 1. The SMILES string of the molecule is NC(Cc1cc([N+](=O)[O-])ccc1F)C1(CO)CC1. The number of nitro groups is 1. The molecule has 0 saturated heterocycles. The van der Waals surface area contributed by atoms with E-state index in [4.69, 9.17) is 5.73 Å². The van der Waals surface area contributed by atoms with Crippen LogP contribution in [0, 0.1) is 21.3 Å². The fraction of sp³-hybridized carbons (Fsp3) is 0.500. The first-order chi connectivity index (χ1) is 8.48. The predicted molar refractivity (Wildman–Crippen MR) is 63.5 cm³/mol. The first kappa shape index (κ1) is 12.9. The normalized spacial score (nSPS) is 18.4. The summed E-state index contributed by atoms with van der Waals surface area (Å²) < 4.78 is 13.6. The minimum atomic E-state index is -0.562. The molecule has 0 heterocycles. The minimum Gasteiger partial charge on any atom is -0.396 e. The van der Waals surface area contributed by atoms with Crippen LogP contribution in [0.15, 0.2) is 18.2 Å². The van der Waals surface area contributed by atoms with Gasteiger partial charge in [0.25, 0.3) is 5.69 Å². The summed E-state index contributed by atoms with van der Waals surface area (Å²) in [5, 5.41) is 19.9. The van der Waals surface area contributed by atoms with Crippen molar-refractivity contribution in [1.29, 1.82) is 0 Å². The fourth-order valence-electron chi connectivity index (χ4n) is 2.09. The van der Waals surface area contributed by atoms with Crippen LogP contribution in [0.2, 0.25) is 0 Å². The molecule has 1 fully saturated rings. The van der Waals surface area contributed by atoms with Gasteiger partial charge in [-0.1, -0.05) is 0 Å². The summed E-state index contributed by atoms with van der Waals surface area (Å²) in [6, 6.07) is 3.05. The van der Waals surface area contributed by atoms with Crippen molar-refractivity contribution in [3.05, 3.63) is 39.7 Å². The van der Waals surface area contributed by atoms with Crippen molar-refractivity contribution < 1.29 is 14.4 Å². The first-order valence-electron chi connectivity index (χ1n) is 5.78. The van der Waals surface area contributed by atoms with Crippen molar-refractivity contribution in [3.63, 3.8) is 0 Å². The number of hydrogen-bond donors (Lipinski definition) is 2. The van der Waals surface area contributed by atoms with Gasteiger partial charge in [-0.3, -0.25) is 10.1 Å². The molecule has 5 nitrogen and oxygen atoms in total. The molecule has 6 heteroatoms. The number of aliphatic hydroxyl groups excluding tert-OH is 1. The Hall–Kier alpha value is -1.53. The Bertz CT molecular complexity index is 474. The van der Waals surface area contributed by atoms with Crippen LogP contribution in [0.3, 0.4) is 0 Å². The van der Waals surface area contributed by atoms with Gasteiger partial charge in [0.1, 0.15) is 5.82 Å². The number of non-ortho nitro benzene ring substituents is 1. The van der Waals surface area contributed by atoms with Crippen LogP contribution in [-0.4, -0.2) is 22.7 Å². The average Bonchev–Trinajstić information content (AvgIpc) is 3.12. The highest BCUT2D eigenvalue weighted by Crippen LogP contribution is 2.48. The quantitative estimate of drug-likeness (QED) is 0.613. The van der Waals surface area contributed by atoms with Crippen molar-refractivity contribution in [2.75, 3.05) is 6.61 Å². The van der Waals surface area contributed by atoms with Gasteiger partial charge < -0.3 is 10.8 Å². The maximum absolute atomic E-state index is 13.6. The van der Waals surface area contributed by atoms with Crippen LogP contribution in [0.1, 0.15) is 18.4 Å². The third kappa shape index (κ3) is 2.34. The molecule has 98 valence electrons. The monoisotopic (exact) mass is 254 g/mol. The van der Waals surface area contributed by atoms with Gasteiger partial charge >= 0.3 is 0 Å². The van der Waals surface area contributed by atoms with E-state index < -0.39 is 10.7 Å². The third-order valence-electron chi connectivity index (χ3n) is 3.67. The van der Waals surface area contributed by atoms with Crippen molar-refractivity contribution in [1.82, 2.24) is 0 Å². The molecule has 1 aliphatic rings. The first-order valence-corrected chi connectivity index (χ1v) is 5.78. The standard InChI is InChI=1S/C12H15FN2O3/c13-10-2-1-9(15(17)18)5-8(10)6-11(14)12(7-16)3-4-12/h1-2,5,11,16H,3-4,6-7,14H2. The molecule has 1 unspecified atom stereocenters. The Balaban J connectivity index is 2.18.